The molecule has 0 aliphatic rings. The van der Waals surface area contributed by atoms with Gasteiger partial charge in [0.2, 0.25) is 0 Å². The van der Waals surface area contributed by atoms with Crippen molar-refractivity contribution in [3.8, 4) is 0 Å². The zero-order valence-electron chi connectivity index (χ0n) is 16.0. The van der Waals surface area contributed by atoms with Crippen LogP contribution in [0.1, 0.15) is 31.8 Å². The Labute approximate surface area is 198 Å². The minimum atomic E-state index is -4.82. The van der Waals surface area contributed by atoms with Crippen molar-refractivity contribution in [2.75, 3.05) is 0 Å². The highest BCUT2D eigenvalue weighted by Crippen LogP contribution is 2.38. The summed E-state index contributed by atoms with van der Waals surface area (Å²) in [5.74, 6) is -2.72. The molecule has 6 nitrogen and oxygen atoms in total. The van der Waals surface area contributed by atoms with Gasteiger partial charge in [-0.3, -0.25) is 14.9 Å². The number of nitro benzene ring substituents is 1. The topological polar surface area (TPSA) is 97.5 Å². The Kier molecular flexibility index (Phi) is 7.01. The number of carboxylic acids is 1. The Morgan fingerprint density at radius 3 is 2.21 bits per heavy atom. The summed E-state index contributed by atoms with van der Waals surface area (Å²) in [4.78, 5) is 35.8. The molecule has 0 unspecified atom stereocenters. The lowest BCUT2D eigenvalue weighted by atomic mass is 9.95. The van der Waals surface area contributed by atoms with Gasteiger partial charge in [-0.2, -0.15) is 13.2 Å². The van der Waals surface area contributed by atoms with E-state index in [4.69, 9.17) is 23.2 Å². The fourth-order valence-corrected chi connectivity index (χ4v) is 4.11. The number of hydrogen-bond donors (Lipinski definition) is 1. The molecule has 1 N–H and O–H groups in total. The molecule has 0 atom stereocenters. The van der Waals surface area contributed by atoms with Gasteiger partial charge >= 0.3 is 12.1 Å². The van der Waals surface area contributed by atoms with Crippen molar-refractivity contribution in [3.05, 3.63) is 97.0 Å². The third-order valence-corrected chi connectivity index (χ3v) is 6.15. The Morgan fingerprint density at radius 2 is 1.64 bits per heavy atom. The van der Waals surface area contributed by atoms with Crippen molar-refractivity contribution in [2.45, 2.75) is 16.0 Å². The van der Waals surface area contributed by atoms with Crippen molar-refractivity contribution in [3.63, 3.8) is 0 Å². The van der Waals surface area contributed by atoms with Crippen LogP contribution in [-0.4, -0.2) is 21.8 Å². The molecule has 0 saturated carbocycles. The van der Waals surface area contributed by atoms with Gasteiger partial charge in [-0.1, -0.05) is 35.0 Å². The van der Waals surface area contributed by atoms with E-state index in [-0.39, 0.29) is 20.5 Å². The number of nitrogens with zero attached hydrogens (tertiary/aromatic N) is 1. The normalized spacial score (nSPS) is 11.3. The summed E-state index contributed by atoms with van der Waals surface area (Å²) in [5, 5.41) is 21.4. The van der Waals surface area contributed by atoms with Crippen molar-refractivity contribution in [2.24, 2.45) is 0 Å². The Balaban J connectivity index is 2.06. The van der Waals surface area contributed by atoms with Gasteiger partial charge in [0.15, 0.2) is 5.78 Å². The highest BCUT2D eigenvalue weighted by Gasteiger charge is 2.33. The van der Waals surface area contributed by atoms with Crippen molar-refractivity contribution < 1.29 is 32.8 Å². The first-order chi connectivity index (χ1) is 15.4. The van der Waals surface area contributed by atoms with Crippen LogP contribution in [0.2, 0.25) is 10.0 Å². The van der Waals surface area contributed by atoms with Crippen LogP contribution in [0.5, 0.6) is 0 Å². The van der Waals surface area contributed by atoms with Crippen molar-refractivity contribution >= 4 is 52.4 Å². The lowest BCUT2D eigenvalue weighted by Crippen LogP contribution is -2.14. The molecule has 0 heterocycles. The smallest absolute Gasteiger partial charge is 0.416 e. The van der Waals surface area contributed by atoms with Gasteiger partial charge in [-0.25, -0.2) is 4.79 Å². The van der Waals surface area contributed by atoms with Crippen LogP contribution in [-0.2, 0) is 6.18 Å². The highest BCUT2D eigenvalue weighted by atomic mass is 35.5. The molecule has 12 heteroatoms. The number of nitro groups is 1. The van der Waals surface area contributed by atoms with Gasteiger partial charge in [0, 0.05) is 22.1 Å². The van der Waals surface area contributed by atoms with E-state index in [2.05, 4.69) is 0 Å². The van der Waals surface area contributed by atoms with E-state index >= 15 is 0 Å². The molecule has 3 aromatic carbocycles. The van der Waals surface area contributed by atoms with E-state index in [9.17, 15) is 38.0 Å². The molecule has 170 valence electrons. The zero-order chi connectivity index (χ0) is 24.5. The summed E-state index contributed by atoms with van der Waals surface area (Å²) in [7, 11) is 0. The minimum Gasteiger partial charge on any atom is -0.478 e. The van der Waals surface area contributed by atoms with E-state index in [1.807, 2.05) is 0 Å². The van der Waals surface area contributed by atoms with Crippen LogP contribution in [0.3, 0.4) is 0 Å². The lowest BCUT2D eigenvalue weighted by molar-refractivity contribution is -0.387. The van der Waals surface area contributed by atoms with Gasteiger partial charge in [0.05, 0.1) is 31.0 Å². The van der Waals surface area contributed by atoms with Gasteiger partial charge in [-0.15, -0.1) is 0 Å². The first-order valence-electron chi connectivity index (χ1n) is 8.79. The third kappa shape index (κ3) is 5.47. The molecule has 3 rings (SSSR count). The van der Waals surface area contributed by atoms with Crippen LogP contribution in [0.4, 0.5) is 18.9 Å². The third-order valence-electron chi connectivity index (χ3n) is 4.36. The number of carbonyl (C=O) groups excluding carboxylic acids is 1. The summed E-state index contributed by atoms with van der Waals surface area (Å²) in [5.41, 5.74) is -3.47. The predicted octanol–water partition coefficient (Wildman–Crippen LogP) is 7.00. The molecule has 0 aliphatic heterocycles. The quantitative estimate of drug-likeness (QED) is 0.215. The monoisotopic (exact) mass is 515 g/mol. The van der Waals surface area contributed by atoms with E-state index in [1.165, 1.54) is 24.3 Å². The van der Waals surface area contributed by atoms with E-state index in [0.29, 0.717) is 23.1 Å². The molecule has 3 aromatic rings. The first-order valence-corrected chi connectivity index (χ1v) is 10.4. The second kappa shape index (κ2) is 9.42. The average Bonchev–Trinajstić information content (AvgIpc) is 2.74. The number of hydrogen-bond acceptors (Lipinski definition) is 5. The van der Waals surface area contributed by atoms with E-state index in [1.54, 1.807) is 6.07 Å². The van der Waals surface area contributed by atoms with Crippen LogP contribution in [0.15, 0.2) is 64.4 Å². The van der Waals surface area contributed by atoms with Crippen LogP contribution in [0, 0.1) is 10.1 Å². The fourth-order valence-electron chi connectivity index (χ4n) is 2.81. The largest absolute Gasteiger partial charge is 0.478 e. The maximum Gasteiger partial charge on any atom is 0.416 e. The van der Waals surface area contributed by atoms with Gasteiger partial charge in [-0.05, 0) is 48.5 Å². The molecule has 0 aromatic heterocycles. The molecule has 0 amide bonds. The number of aromatic carboxylic acids is 1. The summed E-state index contributed by atoms with van der Waals surface area (Å²) in [6.07, 6.45) is -4.82. The minimum absolute atomic E-state index is 0.123. The molecule has 0 aliphatic carbocycles. The van der Waals surface area contributed by atoms with Crippen LogP contribution >= 0.6 is 35.0 Å². The summed E-state index contributed by atoms with van der Waals surface area (Å²) < 4.78 is 39.2. The molecular weight excluding hydrogens is 506 g/mol. The number of alkyl halides is 3. The number of carboxylic acid groups (broad SMARTS) is 1. The lowest BCUT2D eigenvalue weighted by Gasteiger charge is -2.11. The Morgan fingerprint density at radius 1 is 0.939 bits per heavy atom. The fraction of sp³-hybridized carbons (Fsp3) is 0.0476. The van der Waals surface area contributed by atoms with Gasteiger partial charge in [0.1, 0.15) is 0 Å². The highest BCUT2D eigenvalue weighted by molar-refractivity contribution is 7.99. The standard InChI is InChI=1S/C21H10Cl2F3NO5S/c22-15-5-3-12(9-16(15)23)33-18-6-1-10(7-17(18)27(31)32)19(28)14-8-11(21(24,25)26)2-4-13(14)20(29)30/h1-9H,(H,29,30). The van der Waals surface area contributed by atoms with Crippen molar-refractivity contribution in [1.82, 2.24) is 0 Å². The van der Waals surface area contributed by atoms with Gasteiger partial charge < -0.3 is 5.11 Å². The number of halogens is 5. The number of ketones is 1. The van der Waals surface area contributed by atoms with Gasteiger partial charge in [0.25, 0.3) is 5.69 Å². The Hall–Kier alpha value is -3.08. The molecule has 0 saturated heterocycles. The first kappa shape index (κ1) is 24.6. The van der Waals surface area contributed by atoms with E-state index < -0.39 is 45.2 Å². The van der Waals surface area contributed by atoms with E-state index in [0.717, 1.165) is 17.8 Å². The summed E-state index contributed by atoms with van der Waals surface area (Å²) >= 11 is 12.8. The maximum atomic E-state index is 13.1. The predicted molar refractivity (Wildman–Crippen MR) is 116 cm³/mol. The average molecular weight is 516 g/mol. The molecule has 0 bridgehead atoms. The second-order valence-electron chi connectivity index (χ2n) is 6.51. The Bertz CT molecular complexity index is 1300. The SMILES string of the molecule is O=C(O)c1ccc(C(F)(F)F)cc1C(=O)c1ccc(Sc2ccc(Cl)c(Cl)c2)c([N+](=O)[O-])c1. The maximum absolute atomic E-state index is 13.1. The summed E-state index contributed by atoms with van der Waals surface area (Å²) in [6.45, 7) is 0. The summed E-state index contributed by atoms with van der Waals surface area (Å²) in [6, 6.07) is 9.47. The number of benzene rings is 3. The molecule has 33 heavy (non-hydrogen) atoms. The molecule has 0 fully saturated rings. The zero-order valence-corrected chi connectivity index (χ0v) is 18.3. The van der Waals surface area contributed by atoms with Crippen molar-refractivity contribution in [1.29, 1.82) is 0 Å². The number of rotatable bonds is 6. The molecule has 0 spiro atoms. The van der Waals surface area contributed by atoms with Crippen LogP contribution < -0.4 is 0 Å². The molecular formula is C21H10Cl2F3NO5S. The van der Waals surface area contributed by atoms with Crippen LogP contribution in [0.25, 0.3) is 0 Å². The molecule has 0 radical (unpaired) electrons. The number of carbonyl (C=O) groups is 2. The second-order valence-corrected chi connectivity index (χ2v) is 8.44.